The van der Waals surface area contributed by atoms with Crippen molar-refractivity contribution in [3.05, 3.63) is 136 Å². The number of ether oxygens (including phenoxy) is 6. The standard InChI is InChI=1S/C53H58Cl4N2O11/c1-31(2)25-44(69-50(63)52(4,5)29-58-51(64)66-28-39-37-19-12-10-17-35(37)36-18-11-13-20-38(36)39)49(62)68-42(32(3)46-47(70-46)34-15-8-7-9-16-34)21-14-22-45(60)59-41(48(61)67-30-53(55,56)57)27-33-23-24-43(65-6)40(54)26-33/h7-20,22-24,26,31-32,39,41-42,44,46-47H,21,25,27-30H2,1-6H3,(H,58,64)(H,59,60)/b22-14+/t32-,41+,42-,44-,46+,47+/m0/s1. The van der Waals surface area contributed by atoms with Crippen molar-refractivity contribution in [2.75, 3.05) is 26.9 Å². The van der Waals surface area contributed by atoms with E-state index in [0.29, 0.717) is 16.3 Å². The minimum atomic E-state index is -1.89. The van der Waals surface area contributed by atoms with Crippen LogP contribution in [0.1, 0.15) is 81.7 Å². The van der Waals surface area contributed by atoms with Crippen LogP contribution in [0, 0.1) is 17.3 Å². The molecule has 1 aliphatic carbocycles. The Morgan fingerprint density at radius 2 is 1.46 bits per heavy atom. The Hall–Kier alpha value is -5.31. The Balaban J connectivity index is 1.10. The summed E-state index contributed by atoms with van der Waals surface area (Å²) in [5.74, 6) is -3.27. The summed E-state index contributed by atoms with van der Waals surface area (Å²) in [4.78, 5) is 67.7. The molecular formula is C53H58Cl4N2O11. The van der Waals surface area contributed by atoms with E-state index in [1.807, 2.05) is 99.6 Å². The molecule has 4 aromatic carbocycles. The number of hydrogen-bond acceptors (Lipinski definition) is 11. The number of amides is 2. The lowest BCUT2D eigenvalue weighted by molar-refractivity contribution is -0.179. The molecule has 6 rings (SSSR count). The van der Waals surface area contributed by atoms with Crippen LogP contribution < -0.4 is 15.4 Å². The number of fused-ring (bicyclic) bond motifs is 3. The Labute approximate surface area is 428 Å². The summed E-state index contributed by atoms with van der Waals surface area (Å²) < 4.78 is 32.4. The third-order valence-electron chi connectivity index (χ3n) is 12.1. The number of rotatable bonds is 22. The van der Waals surface area contributed by atoms with Crippen molar-refractivity contribution < 1.29 is 52.4 Å². The number of hydrogen-bond donors (Lipinski definition) is 2. The molecule has 0 aromatic heterocycles. The lowest BCUT2D eigenvalue weighted by Crippen LogP contribution is -2.44. The number of methoxy groups -OCH3 is 1. The van der Waals surface area contributed by atoms with Crippen LogP contribution in [0.25, 0.3) is 11.1 Å². The van der Waals surface area contributed by atoms with Gasteiger partial charge in [-0.25, -0.2) is 14.4 Å². The average molecular weight is 1040 g/mol. The highest BCUT2D eigenvalue weighted by atomic mass is 35.6. The van der Waals surface area contributed by atoms with Crippen LogP contribution in [-0.4, -0.2) is 84.9 Å². The Morgan fingerprint density at radius 3 is 2.07 bits per heavy atom. The van der Waals surface area contributed by atoms with E-state index in [2.05, 4.69) is 10.6 Å². The summed E-state index contributed by atoms with van der Waals surface area (Å²) in [6.07, 6.45) is -0.599. The molecule has 1 saturated heterocycles. The van der Waals surface area contributed by atoms with E-state index in [9.17, 15) is 24.0 Å². The molecule has 4 aromatic rings. The zero-order valence-electron chi connectivity index (χ0n) is 39.8. The monoisotopic (exact) mass is 1040 g/mol. The van der Waals surface area contributed by atoms with Gasteiger partial charge in [-0.2, -0.15) is 0 Å². The van der Waals surface area contributed by atoms with E-state index in [4.69, 9.17) is 74.8 Å². The highest BCUT2D eigenvalue weighted by molar-refractivity contribution is 6.67. The molecular weight excluding hydrogens is 982 g/mol. The minimum Gasteiger partial charge on any atom is -0.495 e. The van der Waals surface area contributed by atoms with Gasteiger partial charge < -0.3 is 39.1 Å². The van der Waals surface area contributed by atoms with Crippen molar-refractivity contribution in [1.29, 1.82) is 0 Å². The van der Waals surface area contributed by atoms with Gasteiger partial charge in [0.15, 0.2) is 6.10 Å². The second-order valence-electron chi connectivity index (χ2n) is 18.4. The third-order valence-corrected chi connectivity index (χ3v) is 12.7. The van der Waals surface area contributed by atoms with Gasteiger partial charge >= 0.3 is 24.0 Å². The van der Waals surface area contributed by atoms with Crippen molar-refractivity contribution in [3.8, 4) is 16.9 Å². The fourth-order valence-corrected chi connectivity index (χ4v) is 8.66. The molecule has 1 fully saturated rings. The maximum atomic E-state index is 14.2. The lowest BCUT2D eigenvalue weighted by Gasteiger charge is -2.29. The fourth-order valence-electron chi connectivity index (χ4n) is 8.21. The summed E-state index contributed by atoms with van der Waals surface area (Å²) in [5.41, 5.74) is 4.58. The van der Waals surface area contributed by atoms with Crippen LogP contribution >= 0.6 is 46.4 Å². The molecule has 0 saturated carbocycles. The quantitative estimate of drug-likeness (QED) is 0.0253. The summed E-state index contributed by atoms with van der Waals surface area (Å²) in [7, 11) is 1.47. The number of carbonyl (C=O) groups excluding carboxylic acids is 5. The van der Waals surface area contributed by atoms with Crippen molar-refractivity contribution in [1.82, 2.24) is 10.6 Å². The number of epoxide rings is 1. The van der Waals surface area contributed by atoms with Gasteiger partial charge in [-0.3, -0.25) is 9.59 Å². The van der Waals surface area contributed by atoms with Gasteiger partial charge in [-0.05, 0) is 77.8 Å². The SMILES string of the molecule is COc1ccc(C[C@@H](NC(=O)/C=C/C[C@H](OC(=O)[C@H](CC(C)C)OC(=O)C(C)(C)CNC(=O)OCC2c3ccccc3-c3ccccc32)[C@H](C)[C@H]2O[C@@H]2c2ccccc2)C(=O)OCC(Cl)(Cl)Cl)cc1Cl. The first-order valence-corrected chi connectivity index (χ1v) is 24.5. The first kappa shape index (κ1) is 54.0. The van der Waals surface area contributed by atoms with E-state index >= 15 is 0 Å². The van der Waals surface area contributed by atoms with E-state index in [-0.39, 0.29) is 56.5 Å². The van der Waals surface area contributed by atoms with Crippen LogP contribution in [0.3, 0.4) is 0 Å². The molecule has 0 radical (unpaired) electrons. The number of benzene rings is 4. The number of alkyl halides is 3. The molecule has 2 aliphatic rings. The summed E-state index contributed by atoms with van der Waals surface area (Å²) in [6.45, 7) is 8.22. The van der Waals surface area contributed by atoms with Crippen molar-refractivity contribution in [2.45, 2.75) is 94.0 Å². The number of alkyl carbamates (subject to hydrolysis) is 1. The first-order chi connectivity index (χ1) is 33.2. The first-order valence-electron chi connectivity index (χ1n) is 23.0. The zero-order valence-corrected chi connectivity index (χ0v) is 42.8. The van der Waals surface area contributed by atoms with Crippen LogP contribution in [0.15, 0.2) is 109 Å². The van der Waals surface area contributed by atoms with Crippen molar-refractivity contribution in [3.63, 3.8) is 0 Å². The molecule has 2 N–H and O–H groups in total. The summed E-state index contributed by atoms with van der Waals surface area (Å²) in [6, 6.07) is 29.3. The maximum Gasteiger partial charge on any atom is 0.407 e. The lowest BCUT2D eigenvalue weighted by atomic mass is 9.93. The summed E-state index contributed by atoms with van der Waals surface area (Å²) >= 11 is 23.8. The van der Waals surface area contributed by atoms with E-state index in [1.54, 1.807) is 32.0 Å². The predicted octanol–water partition coefficient (Wildman–Crippen LogP) is 10.4. The molecule has 374 valence electrons. The number of esters is 3. The molecule has 0 unspecified atom stereocenters. The van der Waals surface area contributed by atoms with Gasteiger partial charge in [0, 0.05) is 31.2 Å². The third kappa shape index (κ3) is 14.9. The molecule has 6 atom stereocenters. The van der Waals surface area contributed by atoms with Crippen LogP contribution in [0.5, 0.6) is 5.75 Å². The normalized spacial score (nSPS) is 17.1. The molecule has 17 heteroatoms. The predicted molar refractivity (Wildman–Crippen MR) is 268 cm³/mol. The highest BCUT2D eigenvalue weighted by Crippen LogP contribution is 2.46. The van der Waals surface area contributed by atoms with Gasteiger partial charge in [0.25, 0.3) is 0 Å². The average Bonchev–Trinajstić information content (AvgIpc) is 4.07. The second kappa shape index (κ2) is 24.2. The molecule has 0 bridgehead atoms. The fraction of sp³-hybridized carbons (Fsp3) is 0.415. The summed E-state index contributed by atoms with van der Waals surface area (Å²) in [5, 5.41) is 5.64. The number of carbonyl (C=O) groups is 5. The Kier molecular flexibility index (Phi) is 18.7. The smallest absolute Gasteiger partial charge is 0.407 e. The maximum absolute atomic E-state index is 14.2. The Morgan fingerprint density at radius 1 is 0.814 bits per heavy atom. The van der Waals surface area contributed by atoms with Crippen LogP contribution in [-0.2, 0) is 49.3 Å². The van der Waals surface area contributed by atoms with E-state index in [0.717, 1.165) is 27.8 Å². The molecule has 1 heterocycles. The number of nitrogens with one attached hydrogen (secondary N) is 2. The second-order valence-corrected chi connectivity index (χ2v) is 21.4. The van der Waals surface area contributed by atoms with Gasteiger partial charge in [0.2, 0.25) is 9.70 Å². The molecule has 70 heavy (non-hydrogen) atoms. The Bertz CT molecular complexity index is 2470. The van der Waals surface area contributed by atoms with Crippen molar-refractivity contribution in [2.24, 2.45) is 17.3 Å². The molecule has 13 nitrogen and oxygen atoms in total. The van der Waals surface area contributed by atoms with Crippen molar-refractivity contribution >= 4 is 76.3 Å². The van der Waals surface area contributed by atoms with E-state index in [1.165, 1.54) is 19.3 Å². The van der Waals surface area contributed by atoms with Gasteiger partial charge in [-0.1, -0.05) is 158 Å². The zero-order chi connectivity index (χ0) is 50.8. The number of halogens is 4. The largest absolute Gasteiger partial charge is 0.495 e. The molecule has 2 amide bonds. The van der Waals surface area contributed by atoms with Gasteiger partial charge in [0.05, 0.1) is 23.7 Å². The highest BCUT2D eigenvalue weighted by Gasteiger charge is 2.48. The van der Waals surface area contributed by atoms with Crippen LogP contribution in [0.2, 0.25) is 5.02 Å². The van der Waals surface area contributed by atoms with E-state index < -0.39 is 69.9 Å². The topological polar surface area (TPSA) is 168 Å². The molecule has 0 spiro atoms. The molecule has 1 aliphatic heterocycles. The van der Waals surface area contributed by atoms with Gasteiger partial charge in [0.1, 0.15) is 37.2 Å². The van der Waals surface area contributed by atoms with Gasteiger partial charge in [-0.15, -0.1) is 0 Å². The minimum absolute atomic E-state index is 0.0304. The van der Waals surface area contributed by atoms with Crippen LogP contribution in [0.4, 0.5) is 4.79 Å².